The fraction of sp³-hybridized carbons (Fsp3) is 1.00. The first-order valence-electron chi connectivity index (χ1n) is 6.07. The molecule has 84 valence electrons. The summed E-state index contributed by atoms with van der Waals surface area (Å²) < 4.78 is 5.64. The predicted octanol–water partition coefficient (Wildman–Crippen LogP) is 2.71. The van der Waals surface area contributed by atoms with E-state index < -0.39 is 0 Å². The minimum Gasteiger partial charge on any atom is -0.378 e. The van der Waals surface area contributed by atoms with Crippen LogP contribution in [0.4, 0.5) is 0 Å². The van der Waals surface area contributed by atoms with E-state index in [1.54, 1.807) is 0 Å². The molecule has 2 heteroatoms. The van der Waals surface area contributed by atoms with Crippen molar-refractivity contribution in [3.05, 3.63) is 0 Å². The molecule has 14 heavy (non-hydrogen) atoms. The van der Waals surface area contributed by atoms with Crippen LogP contribution >= 0.6 is 0 Å². The first-order chi connectivity index (χ1) is 6.75. The Morgan fingerprint density at radius 2 is 2.14 bits per heavy atom. The molecular formula is C12H25NO. The van der Waals surface area contributed by atoms with Gasteiger partial charge >= 0.3 is 0 Å². The molecule has 0 spiro atoms. The lowest BCUT2D eigenvalue weighted by atomic mass is 9.77. The first-order valence-corrected chi connectivity index (χ1v) is 6.07. The molecule has 1 aliphatic heterocycles. The fourth-order valence-corrected chi connectivity index (χ4v) is 2.42. The molecule has 1 rings (SSSR count). The molecular weight excluding hydrogens is 174 g/mol. The molecule has 0 bridgehead atoms. The summed E-state index contributed by atoms with van der Waals surface area (Å²) in [5.74, 6) is 0. The molecule has 2 unspecified atom stereocenters. The first kappa shape index (κ1) is 12.0. The van der Waals surface area contributed by atoms with Crippen molar-refractivity contribution in [3.8, 4) is 0 Å². The van der Waals surface area contributed by atoms with Crippen LogP contribution in [-0.2, 0) is 4.74 Å². The molecule has 2 atom stereocenters. The molecule has 1 heterocycles. The second kappa shape index (κ2) is 5.72. The summed E-state index contributed by atoms with van der Waals surface area (Å²) in [6.07, 6.45) is 8.12. The van der Waals surface area contributed by atoms with E-state index in [2.05, 4.69) is 13.8 Å². The van der Waals surface area contributed by atoms with Gasteiger partial charge in [-0.15, -0.1) is 0 Å². The molecule has 0 aromatic carbocycles. The van der Waals surface area contributed by atoms with Crippen molar-refractivity contribution in [3.63, 3.8) is 0 Å². The Kier molecular flexibility index (Phi) is 4.90. The SMILES string of the molecule is CCCCCCC1(CN)CCOC1C. The van der Waals surface area contributed by atoms with Gasteiger partial charge in [0.25, 0.3) is 0 Å². The minimum absolute atomic E-state index is 0.299. The summed E-state index contributed by atoms with van der Waals surface area (Å²) in [5, 5.41) is 0. The third-order valence-corrected chi connectivity index (χ3v) is 3.76. The summed E-state index contributed by atoms with van der Waals surface area (Å²) in [6, 6.07) is 0. The maximum absolute atomic E-state index is 5.89. The van der Waals surface area contributed by atoms with Gasteiger partial charge in [0, 0.05) is 18.6 Å². The van der Waals surface area contributed by atoms with Crippen LogP contribution in [-0.4, -0.2) is 19.3 Å². The highest BCUT2D eigenvalue weighted by Crippen LogP contribution is 2.38. The second-order valence-corrected chi connectivity index (χ2v) is 4.64. The summed E-state index contributed by atoms with van der Waals surface area (Å²) in [4.78, 5) is 0. The zero-order chi connectivity index (χ0) is 10.4. The van der Waals surface area contributed by atoms with E-state index in [1.165, 1.54) is 32.1 Å². The van der Waals surface area contributed by atoms with E-state index >= 15 is 0 Å². The Morgan fingerprint density at radius 1 is 1.36 bits per heavy atom. The van der Waals surface area contributed by atoms with Crippen LogP contribution in [0.2, 0.25) is 0 Å². The van der Waals surface area contributed by atoms with Crippen molar-refractivity contribution in [2.45, 2.75) is 58.5 Å². The largest absolute Gasteiger partial charge is 0.378 e. The zero-order valence-corrected chi connectivity index (χ0v) is 9.72. The molecule has 0 amide bonds. The van der Waals surface area contributed by atoms with Crippen molar-refractivity contribution in [2.75, 3.05) is 13.2 Å². The van der Waals surface area contributed by atoms with E-state index in [0.717, 1.165) is 19.6 Å². The molecule has 1 aliphatic rings. The van der Waals surface area contributed by atoms with Gasteiger partial charge in [0.2, 0.25) is 0 Å². The topological polar surface area (TPSA) is 35.2 Å². The van der Waals surface area contributed by atoms with Gasteiger partial charge in [0.15, 0.2) is 0 Å². The quantitative estimate of drug-likeness (QED) is 0.668. The van der Waals surface area contributed by atoms with Gasteiger partial charge in [-0.3, -0.25) is 0 Å². The lowest BCUT2D eigenvalue weighted by Crippen LogP contribution is -2.36. The van der Waals surface area contributed by atoms with Crippen molar-refractivity contribution in [1.82, 2.24) is 0 Å². The number of ether oxygens (including phenoxy) is 1. The fourth-order valence-electron chi connectivity index (χ4n) is 2.42. The smallest absolute Gasteiger partial charge is 0.0616 e. The molecule has 0 aliphatic carbocycles. The molecule has 1 saturated heterocycles. The Bertz CT molecular complexity index is 160. The summed E-state index contributed by atoms with van der Waals surface area (Å²) in [5.41, 5.74) is 6.19. The number of unbranched alkanes of at least 4 members (excludes halogenated alkanes) is 3. The molecule has 0 aromatic heterocycles. The Morgan fingerprint density at radius 3 is 2.64 bits per heavy atom. The lowest BCUT2D eigenvalue weighted by molar-refractivity contribution is 0.0616. The number of rotatable bonds is 6. The predicted molar refractivity (Wildman–Crippen MR) is 60.3 cm³/mol. The minimum atomic E-state index is 0.299. The Balaban J connectivity index is 2.30. The van der Waals surface area contributed by atoms with Crippen LogP contribution in [0.3, 0.4) is 0 Å². The number of nitrogens with two attached hydrogens (primary N) is 1. The highest BCUT2D eigenvalue weighted by molar-refractivity contribution is 4.90. The van der Waals surface area contributed by atoms with Crippen LogP contribution in [0.15, 0.2) is 0 Å². The highest BCUT2D eigenvalue weighted by atomic mass is 16.5. The maximum atomic E-state index is 5.89. The highest BCUT2D eigenvalue weighted by Gasteiger charge is 2.39. The summed E-state index contributed by atoms with van der Waals surface area (Å²) in [6.45, 7) is 6.13. The van der Waals surface area contributed by atoms with Crippen LogP contribution < -0.4 is 5.73 Å². The average molecular weight is 199 g/mol. The molecule has 2 nitrogen and oxygen atoms in total. The lowest BCUT2D eigenvalue weighted by Gasteiger charge is -2.30. The normalized spacial score (nSPS) is 32.4. The Hall–Kier alpha value is -0.0800. The molecule has 2 N–H and O–H groups in total. The summed E-state index contributed by atoms with van der Waals surface area (Å²) in [7, 11) is 0. The van der Waals surface area contributed by atoms with Gasteiger partial charge in [-0.1, -0.05) is 32.6 Å². The van der Waals surface area contributed by atoms with Crippen molar-refractivity contribution < 1.29 is 4.74 Å². The third kappa shape index (κ3) is 2.71. The van der Waals surface area contributed by atoms with Crippen LogP contribution in [0.1, 0.15) is 52.4 Å². The van der Waals surface area contributed by atoms with Gasteiger partial charge in [0.05, 0.1) is 6.10 Å². The number of hydrogen-bond acceptors (Lipinski definition) is 2. The van der Waals surface area contributed by atoms with E-state index in [4.69, 9.17) is 10.5 Å². The van der Waals surface area contributed by atoms with E-state index in [9.17, 15) is 0 Å². The van der Waals surface area contributed by atoms with E-state index in [1.807, 2.05) is 0 Å². The Labute approximate surface area is 88.2 Å². The maximum Gasteiger partial charge on any atom is 0.0616 e. The van der Waals surface area contributed by atoms with Gasteiger partial charge in [-0.05, 0) is 19.8 Å². The molecule has 0 saturated carbocycles. The van der Waals surface area contributed by atoms with Crippen molar-refractivity contribution in [1.29, 1.82) is 0 Å². The average Bonchev–Trinajstić information content (AvgIpc) is 2.56. The van der Waals surface area contributed by atoms with Crippen molar-refractivity contribution in [2.24, 2.45) is 11.1 Å². The van der Waals surface area contributed by atoms with Crippen LogP contribution in [0.5, 0.6) is 0 Å². The van der Waals surface area contributed by atoms with E-state index in [-0.39, 0.29) is 0 Å². The third-order valence-electron chi connectivity index (χ3n) is 3.76. The molecule has 1 fully saturated rings. The monoisotopic (exact) mass is 199 g/mol. The van der Waals surface area contributed by atoms with Crippen molar-refractivity contribution >= 4 is 0 Å². The van der Waals surface area contributed by atoms with E-state index in [0.29, 0.717) is 11.5 Å². The van der Waals surface area contributed by atoms with Crippen LogP contribution in [0, 0.1) is 5.41 Å². The second-order valence-electron chi connectivity index (χ2n) is 4.64. The number of hydrogen-bond donors (Lipinski definition) is 1. The van der Waals surface area contributed by atoms with Crippen LogP contribution in [0.25, 0.3) is 0 Å². The molecule has 0 aromatic rings. The molecule has 0 radical (unpaired) electrons. The van der Waals surface area contributed by atoms with Gasteiger partial charge in [-0.25, -0.2) is 0 Å². The zero-order valence-electron chi connectivity index (χ0n) is 9.72. The van der Waals surface area contributed by atoms with Gasteiger partial charge < -0.3 is 10.5 Å². The van der Waals surface area contributed by atoms with Gasteiger partial charge in [-0.2, -0.15) is 0 Å². The summed E-state index contributed by atoms with van der Waals surface area (Å²) >= 11 is 0. The standard InChI is InChI=1S/C12H25NO/c1-3-4-5-6-7-12(10-13)8-9-14-11(12)2/h11H,3-10,13H2,1-2H3. The van der Waals surface area contributed by atoms with Gasteiger partial charge in [0.1, 0.15) is 0 Å².